The van der Waals surface area contributed by atoms with Crippen molar-refractivity contribution in [3.05, 3.63) is 18.0 Å². The second-order valence-electron chi connectivity index (χ2n) is 5.93. The van der Waals surface area contributed by atoms with Crippen LogP contribution in [0, 0.1) is 0 Å². The van der Waals surface area contributed by atoms with E-state index in [2.05, 4.69) is 0 Å². The first kappa shape index (κ1) is 14.8. The number of hydrogen-bond donors (Lipinski definition) is 1. The molecule has 2 aliphatic heterocycles. The number of aryl methyl sites for hydroxylation is 1. The van der Waals surface area contributed by atoms with Gasteiger partial charge in [-0.15, -0.1) is 0 Å². The van der Waals surface area contributed by atoms with E-state index in [4.69, 9.17) is 15.2 Å². The van der Waals surface area contributed by atoms with Gasteiger partial charge >= 0.3 is 5.97 Å². The number of ether oxygens (including phenoxy) is 2. The number of thioether (sulfide) groups is 1. The van der Waals surface area contributed by atoms with Crippen molar-refractivity contribution in [2.45, 2.75) is 37.4 Å². The van der Waals surface area contributed by atoms with Crippen molar-refractivity contribution in [1.29, 1.82) is 0 Å². The third-order valence-corrected chi connectivity index (χ3v) is 5.35. The Morgan fingerprint density at radius 1 is 1.52 bits per heavy atom. The fourth-order valence-electron chi connectivity index (χ4n) is 3.18. The van der Waals surface area contributed by atoms with Gasteiger partial charge in [-0.05, 0) is 30.4 Å². The van der Waals surface area contributed by atoms with Gasteiger partial charge in [-0.1, -0.05) is 0 Å². The van der Waals surface area contributed by atoms with Gasteiger partial charge in [-0.3, -0.25) is 0 Å². The van der Waals surface area contributed by atoms with Crippen LogP contribution < -0.4 is 5.73 Å². The standard InChI is InChI=1S/C15H22N2O3S/c1-17-10-11(16)8-13(17)14(18)20-12-2-5-19-15(9-12)3-6-21-7-4-15/h8,10,12H,2-7,9,16H2,1H3. The summed E-state index contributed by atoms with van der Waals surface area (Å²) in [7, 11) is 1.80. The fraction of sp³-hybridized carbons (Fsp3) is 0.667. The third-order valence-electron chi connectivity index (χ3n) is 4.36. The normalized spacial score (nSPS) is 24.9. The number of nitrogen functional groups attached to an aromatic ring is 1. The van der Waals surface area contributed by atoms with E-state index < -0.39 is 0 Å². The van der Waals surface area contributed by atoms with Crippen molar-refractivity contribution in [3.8, 4) is 0 Å². The Morgan fingerprint density at radius 3 is 2.95 bits per heavy atom. The maximum atomic E-state index is 12.3. The highest BCUT2D eigenvalue weighted by Crippen LogP contribution is 2.38. The SMILES string of the molecule is Cn1cc(N)cc1C(=O)OC1CCOC2(CCSCC2)C1. The predicted octanol–water partition coefficient (Wildman–Crippen LogP) is 2.21. The van der Waals surface area contributed by atoms with Gasteiger partial charge in [0, 0.05) is 26.1 Å². The maximum Gasteiger partial charge on any atom is 0.355 e. The molecule has 6 heteroatoms. The van der Waals surface area contributed by atoms with Crippen LogP contribution in [0.15, 0.2) is 12.3 Å². The van der Waals surface area contributed by atoms with Gasteiger partial charge in [0.25, 0.3) is 0 Å². The van der Waals surface area contributed by atoms with Gasteiger partial charge in [0.15, 0.2) is 0 Å². The highest BCUT2D eigenvalue weighted by Gasteiger charge is 2.40. The van der Waals surface area contributed by atoms with E-state index in [1.165, 1.54) is 0 Å². The summed E-state index contributed by atoms with van der Waals surface area (Å²) in [6.45, 7) is 0.678. The number of anilines is 1. The molecular formula is C15H22N2O3S. The molecule has 3 heterocycles. The van der Waals surface area contributed by atoms with E-state index in [1.807, 2.05) is 11.8 Å². The van der Waals surface area contributed by atoms with Crippen LogP contribution in [0.2, 0.25) is 0 Å². The Morgan fingerprint density at radius 2 is 2.29 bits per heavy atom. The van der Waals surface area contributed by atoms with E-state index in [-0.39, 0.29) is 17.7 Å². The lowest BCUT2D eigenvalue weighted by molar-refractivity contribution is -0.124. The van der Waals surface area contributed by atoms with Crippen molar-refractivity contribution in [2.75, 3.05) is 23.8 Å². The molecule has 1 spiro atoms. The number of rotatable bonds is 2. The van der Waals surface area contributed by atoms with Crippen LogP contribution in [0.25, 0.3) is 0 Å². The first-order chi connectivity index (χ1) is 10.1. The molecule has 0 aliphatic carbocycles. The Balaban J connectivity index is 1.64. The van der Waals surface area contributed by atoms with Gasteiger partial charge in [-0.25, -0.2) is 4.79 Å². The number of hydrogen-bond acceptors (Lipinski definition) is 5. The number of aromatic nitrogens is 1. The lowest BCUT2D eigenvalue weighted by atomic mass is 9.86. The third kappa shape index (κ3) is 3.21. The Labute approximate surface area is 129 Å². The summed E-state index contributed by atoms with van der Waals surface area (Å²) in [4.78, 5) is 12.3. The number of nitrogens with two attached hydrogens (primary N) is 1. The molecule has 0 radical (unpaired) electrons. The zero-order valence-electron chi connectivity index (χ0n) is 12.3. The number of carbonyl (C=O) groups excluding carboxylic acids is 1. The first-order valence-electron chi connectivity index (χ1n) is 7.42. The Bertz CT molecular complexity index is 517. The molecule has 1 atom stereocenters. The summed E-state index contributed by atoms with van der Waals surface area (Å²) in [5.74, 6) is 1.98. The number of nitrogens with zero attached hydrogens (tertiary/aromatic N) is 1. The van der Waals surface area contributed by atoms with Crippen molar-refractivity contribution in [1.82, 2.24) is 4.57 Å². The van der Waals surface area contributed by atoms with Crippen LogP contribution in [-0.2, 0) is 16.5 Å². The molecule has 2 N–H and O–H groups in total. The predicted molar refractivity (Wildman–Crippen MR) is 83.5 cm³/mol. The zero-order valence-corrected chi connectivity index (χ0v) is 13.2. The minimum atomic E-state index is -0.290. The first-order valence-corrected chi connectivity index (χ1v) is 8.58. The van der Waals surface area contributed by atoms with Crippen LogP contribution in [-0.4, -0.2) is 40.4 Å². The number of esters is 1. The molecule has 5 nitrogen and oxygen atoms in total. The molecule has 1 aromatic heterocycles. The Kier molecular flexibility index (Phi) is 4.17. The Hall–Kier alpha value is -1.14. The average Bonchev–Trinajstić information content (AvgIpc) is 2.79. The molecule has 1 unspecified atom stereocenters. The van der Waals surface area contributed by atoms with E-state index in [9.17, 15) is 4.79 Å². The van der Waals surface area contributed by atoms with E-state index in [0.29, 0.717) is 18.0 Å². The second-order valence-corrected chi connectivity index (χ2v) is 7.16. The van der Waals surface area contributed by atoms with Crippen molar-refractivity contribution < 1.29 is 14.3 Å². The van der Waals surface area contributed by atoms with Gasteiger partial charge in [0.05, 0.1) is 17.9 Å². The molecule has 2 saturated heterocycles. The van der Waals surface area contributed by atoms with Gasteiger partial charge in [0.1, 0.15) is 11.8 Å². The summed E-state index contributed by atoms with van der Waals surface area (Å²) in [6.07, 6.45) is 5.39. The molecular weight excluding hydrogens is 288 g/mol. The smallest absolute Gasteiger partial charge is 0.355 e. The van der Waals surface area contributed by atoms with Crippen LogP contribution >= 0.6 is 11.8 Å². The number of carbonyl (C=O) groups is 1. The van der Waals surface area contributed by atoms with Gasteiger partial charge in [0.2, 0.25) is 0 Å². The molecule has 0 aromatic carbocycles. The summed E-state index contributed by atoms with van der Waals surface area (Å²) < 4.78 is 13.4. The van der Waals surface area contributed by atoms with Crippen LogP contribution in [0.5, 0.6) is 0 Å². The molecule has 2 fully saturated rings. The highest BCUT2D eigenvalue weighted by molar-refractivity contribution is 7.99. The van der Waals surface area contributed by atoms with Crippen LogP contribution in [0.4, 0.5) is 5.69 Å². The van der Waals surface area contributed by atoms with E-state index in [1.54, 1.807) is 23.9 Å². The lowest BCUT2D eigenvalue weighted by Gasteiger charge is -2.42. The summed E-state index contributed by atoms with van der Waals surface area (Å²) in [6, 6.07) is 1.66. The fourth-order valence-corrected chi connectivity index (χ4v) is 4.42. The summed E-state index contributed by atoms with van der Waals surface area (Å²) in [5.41, 5.74) is 6.73. The molecule has 2 aliphatic rings. The summed E-state index contributed by atoms with van der Waals surface area (Å²) in [5, 5.41) is 0. The topological polar surface area (TPSA) is 66.5 Å². The molecule has 1 aromatic rings. The molecule has 0 bridgehead atoms. The molecule has 116 valence electrons. The average molecular weight is 310 g/mol. The zero-order chi connectivity index (χ0) is 14.9. The van der Waals surface area contributed by atoms with Crippen molar-refractivity contribution >= 4 is 23.4 Å². The van der Waals surface area contributed by atoms with Crippen LogP contribution in [0.1, 0.15) is 36.2 Å². The summed E-state index contributed by atoms with van der Waals surface area (Å²) >= 11 is 1.97. The van der Waals surface area contributed by atoms with E-state index in [0.717, 1.165) is 37.2 Å². The lowest BCUT2D eigenvalue weighted by Crippen LogP contribution is -2.45. The molecule has 3 rings (SSSR count). The second kappa shape index (κ2) is 5.93. The minimum Gasteiger partial charge on any atom is -0.458 e. The van der Waals surface area contributed by atoms with Crippen molar-refractivity contribution in [3.63, 3.8) is 0 Å². The highest BCUT2D eigenvalue weighted by atomic mass is 32.2. The van der Waals surface area contributed by atoms with Crippen LogP contribution in [0.3, 0.4) is 0 Å². The van der Waals surface area contributed by atoms with Crippen molar-refractivity contribution in [2.24, 2.45) is 7.05 Å². The van der Waals surface area contributed by atoms with E-state index >= 15 is 0 Å². The molecule has 0 amide bonds. The van der Waals surface area contributed by atoms with Gasteiger partial charge in [-0.2, -0.15) is 11.8 Å². The molecule has 21 heavy (non-hydrogen) atoms. The van der Waals surface area contributed by atoms with Gasteiger partial charge < -0.3 is 19.8 Å². The molecule has 0 saturated carbocycles. The quantitative estimate of drug-likeness (QED) is 0.848. The monoisotopic (exact) mass is 310 g/mol. The largest absolute Gasteiger partial charge is 0.458 e. The maximum absolute atomic E-state index is 12.3. The minimum absolute atomic E-state index is 0.0505.